The molecule has 0 spiro atoms. The average molecular weight is 273 g/mol. The number of carbonyl (C=O) groups is 1. The van der Waals surface area contributed by atoms with Crippen LogP contribution in [0.1, 0.15) is 28.6 Å². The number of rotatable bonds is 3. The number of nitrogens with one attached hydrogen (secondary N) is 1. The van der Waals surface area contributed by atoms with Crippen LogP contribution in [0.4, 0.5) is 0 Å². The van der Waals surface area contributed by atoms with Crippen molar-refractivity contribution < 1.29 is 13.2 Å². The molecule has 1 aromatic rings. The van der Waals surface area contributed by atoms with E-state index in [1.807, 2.05) is 18.4 Å². The lowest BCUT2D eigenvalue weighted by Gasteiger charge is -2.10. The number of sulfone groups is 1. The quantitative estimate of drug-likeness (QED) is 0.901. The summed E-state index contributed by atoms with van der Waals surface area (Å²) in [5.41, 5.74) is 1.02. The number of hydrogen-bond acceptors (Lipinski definition) is 4. The van der Waals surface area contributed by atoms with E-state index >= 15 is 0 Å². The molecular formula is C11H15NO3S2. The molecule has 0 aromatic carbocycles. The Balaban J connectivity index is 2.03. The summed E-state index contributed by atoms with van der Waals surface area (Å²) in [6.45, 7) is 2.00. The zero-order valence-electron chi connectivity index (χ0n) is 9.60. The van der Waals surface area contributed by atoms with Crippen LogP contribution in [0.5, 0.6) is 0 Å². The summed E-state index contributed by atoms with van der Waals surface area (Å²) in [7, 11) is -2.94. The normalized spacial score (nSPS) is 22.5. The summed E-state index contributed by atoms with van der Waals surface area (Å²) >= 11 is 1.40. The topological polar surface area (TPSA) is 63.2 Å². The van der Waals surface area contributed by atoms with Gasteiger partial charge in [-0.25, -0.2) is 8.42 Å². The van der Waals surface area contributed by atoms with Crippen molar-refractivity contribution in [2.24, 2.45) is 0 Å². The minimum atomic E-state index is -2.94. The molecule has 0 saturated carbocycles. The molecule has 1 amide bonds. The molecule has 17 heavy (non-hydrogen) atoms. The first kappa shape index (κ1) is 12.6. The van der Waals surface area contributed by atoms with Gasteiger partial charge in [-0.2, -0.15) is 0 Å². The third kappa shape index (κ3) is 2.87. The van der Waals surface area contributed by atoms with Gasteiger partial charge in [-0.3, -0.25) is 4.79 Å². The monoisotopic (exact) mass is 273 g/mol. The van der Waals surface area contributed by atoms with Crippen LogP contribution in [0.3, 0.4) is 0 Å². The first-order valence-electron chi connectivity index (χ1n) is 5.59. The van der Waals surface area contributed by atoms with Gasteiger partial charge in [0.2, 0.25) is 0 Å². The van der Waals surface area contributed by atoms with Crippen molar-refractivity contribution in [2.75, 3.05) is 11.5 Å². The molecule has 1 N–H and O–H groups in total. The highest BCUT2D eigenvalue weighted by molar-refractivity contribution is 7.91. The van der Waals surface area contributed by atoms with E-state index in [0.29, 0.717) is 11.3 Å². The van der Waals surface area contributed by atoms with Gasteiger partial charge in [0.1, 0.15) is 0 Å². The predicted molar refractivity (Wildman–Crippen MR) is 68.2 cm³/mol. The fraction of sp³-hybridized carbons (Fsp3) is 0.545. The van der Waals surface area contributed by atoms with Crippen molar-refractivity contribution in [1.82, 2.24) is 5.32 Å². The second kappa shape index (κ2) is 4.78. The van der Waals surface area contributed by atoms with Crippen LogP contribution in [0, 0.1) is 0 Å². The van der Waals surface area contributed by atoms with Gasteiger partial charge < -0.3 is 5.32 Å². The van der Waals surface area contributed by atoms with Crippen LogP contribution >= 0.6 is 11.3 Å². The number of carbonyl (C=O) groups excluding carboxylic acids is 1. The summed E-state index contributed by atoms with van der Waals surface area (Å²) in [4.78, 5) is 12.7. The minimum Gasteiger partial charge on any atom is -0.348 e. The fourth-order valence-electron chi connectivity index (χ4n) is 1.97. The van der Waals surface area contributed by atoms with Crippen LogP contribution in [-0.2, 0) is 16.3 Å². The molecule has 0 aliphatic carbocycles. The lowest BCUT2D eigenvalue weighted by molar-refractivity contribution is 0.0944. The second-order valence-electron chi connectivity index (χ2n) is 4.20. The van der Waals surface area contributed by atoms with Gasteiger partial charge in [0.15, 0.2) is 9.84 Å². The summed E-state index contributed by atoms with van der Waals surface area (Å²) in [6.07, 6.45) is 1.34. The van der Waals surface area contributed by atoms with Gasteiger partial charge in [0.05, 0.1) is 16.4 Å². The van der Waals surface area contributed by atoms with Crippen LogP contribution in [0.2, 0.25) is 0 Å². The lowest BCUT2D eigenvalue weighted by Crippen LogP contribution is -2.35. The molecule has 0 unspecified atom stereocenters. The summed E-state index contributed by atoms with van der Waals surface area (Å²) in [6, 6.07) is 1.71. The Morgan fingerprint density at radius 3 is 2.94 bits per heavy atom. The molecule has 1 aromatic heterocycles. The van der Waals surface area contributed by atoms with E-state index < -0.39 is 9.84 Å². The maximum atomic E-state index is 12.0. The molecule has 2 heterocycles. The zero-order chi connectivity index (χ0) is 12.5. The molecule has 1 atom stereocenters. The van der Waals surface area contributed by atoms with Crippen molar-refractivity contribution >= 4 is 27.1 Å². The van der Waals surface area contributed by atoms with E-state index in [2.05, 4.69) is 5.32 Å². The van der Waals surface area contributed by atoms with Gasteiger partial charge in [-0.15, -0.1) is 11.3 Å². The first-order chi connectivity index (χ1) is 8.02. The number of amides is 1. The lowest BCUT2D eigenvalue weighted by atomic mass is 10.2. The maximum Gasteiger partial charge on any atom is 0.261 e. The number of thiophene rings is 1. The first-order valence-corrected chi connectivity index (χ1v) is 8.29. The van der Waals surface area contributed by atoms with Crippen molar-refractivity contribution in [1.29, 1.82) is 0 Å². The van der Waals surface area contributed by atoms with E-state index in [0.717, 1.165) is 12.0 Å². The second-order valence-corrected chi connectivity index (χ2v) is 7.35. The van der Waals surface area contributed by atoms with E-state index in [4.69, 9.17) is 0 Å². The molecule has 1 aliphatic rings. The minimum absolute atomic E-state index is 0.0750. The Hall–Kier alpha value is -0.880. The summed E-state index contributed by atoms with van der Waals surface area (Å²) in [5.74, 6) is 0.119. The molecule has 1 fully saturated rings. The summed E-state index contributed by atoms with van der Waals surface area (Å²) < 4.78 is 22.6. The Morgan fingerprint density at radius 1 is 1.59 bits per heavy atom. The Morgan fingerprint density at radius 2 is 2.35 bits per heavy atom. The molecule has 4 nitrogen and oxygen atoms in total. The van der Waals surface area contributed by atoms with Gasteiger partial charge >= 0.3 is 0 Å². The standard InChI is InChI=1S/C11H15NO3S2/c1-2-8-3-5-16-10(8)11(13)12-9-4-6-17(14,15)7-9/h3,5,9H,2,4,6-7H2,1H3,(H,12,13)/t9-/m0/s1. The molecule has 1 aliphatic heterocycles. The Labute approximate surface area is 105 Å². The predicted octanol–water partition coefficient (Wildman–Crippen LogP) is 1.23. The Kier molecular flexibility index (Phi) is 3.53. The highest BCUT2D eigenvalue weighted by atomic mass is 32.2. The SMILES string of the molecule is CCc1ccsc1C(=O)N[C@H]1CCS(=O)(=O)C1. The van der Waals surface area contributed by atoms with E-state index in [-0.39, 0.29) is 23.5 Å². The summed E-state index contributed by atoms with van der Waals surface area (Å²) in [5, 5.41) is 4.69. The van der Waals surface area contributed by atoms with Crippen molar-refractivity contribution in [3.63, 3.8) is 0 Å². The van der Waals surface area contributed by atoms with Gasteiger partial charge in [0, 0.05) is 6.04 Å². The van der Waals surface area contributed by atoms with Gasteiger partial charge in [0.25, 0.3) is 5.91 Å². The van der Waals surface area contributed by atoms with Crippen LogP contribution in [-0.4, -0.2) is 31.9 Å². The highest BCUT2D eigenvalue weighted by Crippen LogP contribution is 2.18. The van der Waals surface area contributed by atoms with Crippen LogP contribution in [0.15, 0.2) is 11.4 Å². The fourth-order valence-corrected chi connectivity index (χ4v) is 4.54. The number of hydrogen-bond donors (Lipinski definition) is 1. The smallest absolute Gasteiger partial charge is 0.261 e. The van der Waals surface area contributed by atoms with Crippen molar-refractivity contribution in [3.05, 3.63) is 21.9 Å². The van der Waals surface area contributed by atoms with Crippen molar-refractivity contribution in [3.8, 4) is 0 Å². The third-order valence-electron chi connectivity index (χ3n) is 2.90. The zero-order valence-corrected chi connectivity index (χ0v) is 11.2. The molecule has 6 heteroatoms. The highest BCUT2D eigenvalue weighted by Gasteiger charge is 2.29. The van der Waals surface area contributed by atoms with Gasteiger partial charge in [-0.05, 0) is 29.9 Å². The molecule has 2 rings (SSSR count). The van der Waals surface area contributed by atoms with E-state index in [1.165, 1.54) is 11.3 Å². The van der Waals surface area contributed by atoms with Gasteiger partial charge in [-0.1, -0.05) is 6.92 Å². The molecule has 94 valence electrons. The van der Waals surface area contributed by atoms with Crippen LogP contribution < -0.4 is 5.32 Å². The number of aryl methyl sites for hydroxylation is 1. The van der Waals surface area contributed by atoms with Crippen molar-refractivity contribution in [2.45, 2.75) is 25.8 Å². The molecule has 0 bridgehead atoms. The molecular weight excluding hydrogens is 258 g/mol. The maximum absolute atomic E-state index is 12.0. The Bertz CT molecular complexity index is 519. The van der Waals surface area contributed by atoms with Crippen LogP contribution in [0.25, 0.3) is 0 Å². The van der Waals surface area contributed by atoms with E-state index in [9.17, 15) is 13.2 Å². The van der Waals surface area contributed by atoms with E-state index in [1.54, 1.807) is 0 Å². The molecule has 1 saturated heterocycles. The molecule has 0 radical (unpaired) electrons. The third-order valence-corrected chi connectivity index (χ3v) is 5.62. The average Bonchev–Trinajstić information content (AvgIpc) is 2.84. The largest absolute Gasteiger partial charge is 0.348 e.